The Kier molecular flexibility index (Phi) is 6.72. The van der Waals surface area contributed by atoms with Crippen molar-refractivity contribution in [1.82, 2.24) is 9.88 Å². The monoisotopic (exact) mass is 582 g/mol. The van der Waals surface area contributed by atoms with E-state index in [0.717, 1.165) is 37.8 Å². The number of nitrogen functional groups attached to an aromatic ring is 1. The van der Waals surface area contributed by atoms with Gasteiger partial charge in [-0.25, -0.2) is 9.37 Å². The van der Waals surface area contributed by atoms with Crippen LogP contribution in [0.25, 0.3) is 0 Å². The molecule has 6 rings (SSSR count). The van der Waals surface area contributed by atoms with Gasteiger partial charge in [0.15, 0.2) is 12.4 Å². The van der Waals surface area contributed by atoms with Gasteiger partial charge in [0.25, 0.3) is 0 Å². The summed E-state index contributed by atoms with van der Waals surface area (Å²) >= 11 is 6.42. The number of nitrogens with two attached hydrogens (primary N) is 1. The summed E-state index contributed by atoms with van der Waals surface area (Å²) in [6.45, 7) is -0.840. The van der Waals surface area contributed by atoms with Crippen LogP contribution in [0, 0.1) is 17.3 Å². The van der Waals surface area contributed by atoms with Gasteiger partial charge in [0.1, 0.15) is 17.6 Å². The first-order chi connectivity index (χ1) is 19.6. The van der Waals surface area contributed by atoms with Crippen LogP contribution < -0.4 is 5.73 Å². The number of Topliss-reactive ketones (excluding diaryl/α,β-unsaturated/α-hetero) is 1. The number of pyridine rings is 1. The Bertz CT molecular complexity index is 1570. The number of esters is 1. The number of halogens is 3. The second-order valence-electron chi connectivity index (χ2n) is 10.9. The van der Waals surface area contributed by atoms with Gasteiger partial charge in [0, 0.05) is 36.2 Å². The number of anilines is 1. The Morgan fingerprint density at radius 3 is 2.66 bits per heavy atom. The number of carbonyl (C=O) groups is 4. The highest BCUT2D eigenvalue weighted by Crippen LogP contribution is 2.56. The quantitative estimate of drug-likeness (QED) is 0.326. The normalized spacial score (nSPS) is 24.9. The SMILES string of the molecule is Nc1ccc(C(=O)COC(=O)C2CN3C(=O)CC4(CCCC4)C3C3=C2C2=CC(=O)C=C(F)C2=C(Cl)C=NC3)c(F)n1. The van der Waals surface area contributed by atoms with Crippen molar-refractivity contribution in [3.8, 4) is 0 Å². The van der Waals surface area contributed by atoms with Crippen LogP contribution >= 0.6 is 11.6 Å². The Balaban J connectivity index is 1.43. The first kappa shape index (κ1) is 27.2. The van der Waals surface area contributed by atoms with Gasteiger partial charge in [-0.05, 0) is 47.8 Å². The van der Waals surface area contributed by atoms with E-state index in [-0.39, 0.29) is 46.4 Å². The Morgan fingerprint density at radius 2 is 1.93 bits per heavy atom. The zero-order chi connectivity index (χ0) is 29.1. The average Bonchev–Trinajstić information content (AvgIpc) is 3.48. The molecule has 12 heteroatoms. The minimum absolute atomic E-state index is 0.0434. The van der Waals surface area contributed by atoms with E-state index in [1.807, 2.05) is 0 Å². The lowest BCUT2D eigenvalue weighted by atomic mass is 9.69. The van der Waals surface area contributed by atoms with Crippen molar-refractivity contribution >= 4 is 47.1 Å². The molecule has 0 aromatic carbocycles. The van der Waals surface area contributed by atoms with E-state index in [1.54, 1.807) is 4.90 Å². The second-order valence-corrected chi connectivity index (χ2v) is 11.3. The van der Waals surface area contributed by atoms with E-state index < -0.39 is 53.4 Å². The number of hydrogen-bond donors (Lipinski definition) is 1. The van der Waals surface area contributed by atoms with E-state index in [2.05, 4.69) is 9.98 Å². The molecule has 0 bridgehead atoms. The molecule has 9 nitrogen and oxygen atoms in total. The molecule has 1 saturated heterocycles. The molecule has 1 aromatic rings. The summed E-state index contributed by atoms with van der Waals surface area (Å²) in [6.07, 6.45) is 7.16. The number of rotatable bonds is 4. The topological polar surface area (TPSA) is 132 Å². The lowest BCUT2D eigenvalue weighted by Crippen LogP contribution is -2.51. The largest absolute Gasteiger partial charge is 0.457 e. The maximum atomic E-state index is 15.2. The summed E-state index contributed by atoms with van der Waals surface area (Å²) in [6, 6.07) is 1.99. The first-order valence-corrected chi connectivity index (χ1v) is 13.7. The van der Waals surface area contributed by atoms with Crippen LogP contribution in [0.4, 0.5) is 14.6 Å². The number of fused-ring (bicyclic) bond motifs is 5. The van der Waals surface area contributed by atoms with Crippen molar-refractivity contribution in [2.75, 3.05) is 25.4 Å². The van der Waals surface area contributed by atoms with Crippen molar-refractivity contribution in [2.24, 2.45) is 16.3 Å². The summed E-state index contributed by atoms with van der Waals surface area (Å²) in [4.78, 5) is 61.7. The minimum Gasteiger partial charge on any atom is -0.457 e. The van der Waals surface area contributed by atoms with Gasteiger partial charge in [-0.3, -0.25) is 24.2 Å². The van der Waals surface area contributed by atoms with Gasteiger partial charge in [-0.15, -0.1) is 0 Å². The molecule has 2 atom stereocenters. The highest BCUT2D eigenvalue weighted by Gasteiger charge is 2.58. The fourth-order valence-electron chi connectivity index (χ4n) is 6.95. The number of nitrogens with zero attached hydrogens (tertiary/aromatic N) is 3. The highest BCUT2D eigenvalue weighted by molar-refractivity contribution is 6.40. The summed E-state index contributed by atoms with van der Waals surface area (Å²) in [5.41, 5.74) is 5.68. The number of ketones is 2. The third-order valence-corrected chi connectivity index (χ3v) is 8.86. The van der Waals surface area contributed by atoms with Crippen LogP contribution in [0.1, 0.15) is 42.5 Å². The van der Waals surface area contributed by atoms with Gasteiger partial charge in [0.05, 0.1) is 23.2 Å². The number of hydrogen-bond acceptors (Lipinski definition) is 8. The molecule has 0 radical (unpaired) electrons. The molecule has 3 aliphatic heterocycles. The van der Waals surface area contributed by atoms with Crippen molar-refractivity contribution in [2.45, 2.75) is 38.1 Å². The number of aliphatic imine (C=N–C) groups is 1. The molecule has 5 aliphatic rings. The van der Waals surface area contributed by atoms with Gasteiger partial charge >= 0.3 is 5.97 Å². The summed E-state index contributed by atoms with van der Waals surface area (Å²) in [5, 5.41) is -0.0434. The maximum Gasteiger partial charge on any atom is 0.315 e. The maximum absolute atomic E-state index is 15.2. The minimum atomic E-state index is -1.18. The van der Waals surface area contributed by atoms with Crippen molar-refractivity contribution < 1.29 is 32.7 Å². The second kappa shape index (κ2) is 10.1. The molecule has 2 unspecified atom stereocenters. The fraction of sp³-hybridized carbons (Fsp3) is 0.379. The van der Waals surface area contributed by atoms with Crippen LogP contribution in [0.2, 0.25) is 0 Å². The van der Waals surface area contributed by atoms with E-state index in [4.69, 9.17) is 22.1 Å². The number of ether oxygens (including phenoxy) is 1. The zero-order valence-corrected chi connectivity index (χ0v) is 22.5. The van der Waals surface area contributed by atoms with Crippen molar-refractivity contribution in [3.63, 3.8) is 0 Å². The predicted octanol–water partition coefficient (Wildman–Crippen LogP) is 3.56. The Labute approximate surface area is 238 Å². The van der Waals surface area contributed by atoms with Crippen LogP contribution in [0.5, 0.6) is 0 Å². The smallest absolute Gasteiger partial charge is 0.315 e. The predicted molar refractivity (Wildman–Crippen MR) is 144 cm³/mol. The molecule has 1 amide bonds. The molecule has 2 N–H and O–H groups in total. The zero-order valence-electron chi connectivity index (χ0n) is 21.8. The van der Waals surface area contributed by atoms with Gasteiger partial charge in [-0.2, -0.15) is 4.39 Å². The lowest BCUT2D eigenvalue weighted by molar-refractivity contribution is -0.147. The lowest BCUT2D eigenvalue weighted by Gasteiger charge is -2.44. The standard InChI is InChI=1S/C29H25ClF2N4O5/c30-19-11-34-10-17-24(16-7-14(37)8-20(31)25(16)19)18(12-36-23(39)9-29(26(17)36)5-1-2-6-29)28(40)41-13-21(38)15-3-4-22(33)35-27(15)32/h3-4,7-8,11,18,26H,1-2,5-6,9-10,12-13H2,(H2,33,35). The summed E-state index contributed by atoms with van der Waals surface area (Å²) in [7, 11) is 0. The molecule has 212 valence electrons. The summed E-state index contributed by atoms with van der Waals surface area (Å²) < 4.78 is 34.8. The molecule has 1 spiro atoms. The van der Waals surface area contributed by atoms with Crippen LogP contribution in [-0.4, -0.2) is 65.3 Å². The van der Waals surface area contributed by atoms with E-state index in [1.165, 1.54) is 18.4 Å². The number of allylic oxidation sites excluding steroid dienone is 6. The summed E-state index contributed by atoms with van der Waals surface area (Å²) in [5.74, 6) is -5.74. The van der Waals surface area contributed by atoms with Gasteiger partial charge < -0.3 is 15.4 Å². The van der Waals surface area contributed by atoms with Gasteiger partial charge in [-0.1, -0.05) is 24.4 Å². The van der Waals surface area contributed by atoms with Crippen LogP contribution in [0.15, 0.2) is 62.4 Å². The first-order valence-electron chi connectivity index (χ1n) is 13.3. The Morgan fingerprint density at radius 1 is 1.17 bits per heavy atom. The number of amides is 1. The molecule has 2 aliphatic carbocycles. The molecule has 1 aromatic heterocycles. The highest BCUT2D eigenvalue weighted by atomic mass is 35.5. The molecular formula is C29H25ClF2N4O5. The number of carbonyl (C=O) groups excluding carboxylic acids is 4. The van der Waals surface area contributed by atoms with E-state index in [0.29, 0.717) is 17.6 Å². The third-order valence-electron chi connectivity index (χ3n) is 8.58. The average molecular weight is 583 g/mol. The molecule has 41 heavy (non-hydrogen) atoms. The molecule has 1 saturated carbocycles. The Hall–Kier alpha value is -3.99. The van der Waals surface area contributed by atoms with E-state index >= 15 is 4.39 Å². The van der Waals surface area contributed by atoms with Crippen molar-refractivity contribution in [3.05, 3.63) is 68.9 Å². The number of aromatic nitrogens is 1. The van der Waals surface area contributed by atoms with E-state index in [9.17, 15) is 23.6 Å². The fourth-order valence-corrected chi connectivity index (χ4v) is 7.21. The van der Waals surface area contributed by atoms with Crippen LogP contribution in [0.3, 0.4) is 0 Å². The molecular weight excluding hydrogens is 558 g/mol. The molecule has 4 heterocycles. The van der Waals surface area contributed by atoms with Gasteiger partial charge in [0.2, 0.25) is 17.6 Å². The van der Waals surface area contributed by atoms with Crippen LogP contribution in [-0.2, 0) is 19.1 Å². The molecule has 2 fully saturated rings. The third kappa shape index (κ3) is 4.52. The van der Waals surface area contributed by atoms with Crippen molar-refractivity contribution in [1.29, 1.82) is 0 Å².